The van der Waals surface area contributed by atoms with E-state index in [9.17, 15) is 8.42 Å². The van der Waals surface area contributed by atoms with Gasteiger partial charge in [0, 0.05) is 26.5 Å². The maximum atomic E-state index is 12.4. The van der Waals surface area contributed by atoms with Crippen molar-refractivity contribution < 1.29 is 8.42 Å². The zero-order chi connectivity index (χ0) is 14.2. The van der Waals surface area contributed by atoms with Gasteiger partial charge in [0.25, 0.3) is 10.0 Å². The van der Waals surface area contributed by atoms with Gasteiger partial charge in [-0.05, 0) is 6.92 Å². The van der Waals surface area contributed by atoms with Crippen molar-refractivity contribution >= 4 is 26.5 Å². The van der Waals surface area contributed by atoms with Crippen LogP contribution in [0.15, 0.2) is 16.6 Å². The lowest BCUT2D eigenvalue weighted by Gasteiger charge is -2.15. The molecule has 0 aliphatic carbocycles. The smallest absolute Gasteiger partial charge is 0.254 e. The van der Waals surface area contributed by atoms with Crippen LogP contribution in [0.5, 0.6) is 0 Å². The number of aromatic nitrogens is 3. The molecule has 0 bridgehead atoms. The van der Waals surface area contributed by atoms with Gasteiger partial charge in [0.2, 0.25) is 0 Å². The van der Waals surface area contributed by atoms with Gasteiger partial charge in [-0.15, -0.1) is 0 Å². The van der Waals surface area contributed by atoms with Crippen LogP contribution in [-0.4, -0.2) is 34.3 Å². The van der Waals surface area contributed by atoms with Crippen LogP contribution in [0.3, 0.4) is 0 Å². The summed E-state index contributed by atoms with van der Waals surface area (Å²) in [6.45, 7) is 1.83. The Morgan fingerprint density at radius 1 is 1.53 bits per heavy atom. The molecule has 0 amide bonds. The van der Waals surface area contributed by atoms with Crippen LogP contribution >= 0.6 is 11.3 Å². The minimum atomic E-state index is -3.59. The lowest BCUT2D eigenvalue weighted by molar-refractivity contribution is 0.452. The summed E-state index contributed by atoms with van der Waals surface area (Å²) in [6.07, 6.45) is 3.40. The first-order chi connectivity index (χ1) is 8.82. The van der Waals surface area contributed by atoms with Crippen LogP contribution in [0, 0.1) is 6.92 Å². The number of anilines is 1. The van der Waals surface area contributed by atoms with Crippen LogP contribution < -0.4 is 5.73 Å². The van der Waals surface area contributed by atoms with Gasteiger partial charge < -0.3 is 10.3 Å². The van der Waals surface area contributed by atoms with Gasteiger partial charge in [0.05, 0.1) is 12.2 Å². The monoisotopic (exact) mass is 301 g/mol. The Balaban J connectivity index is 2.30. The van der Waals surface area contributed by atoms with Gasteiger partial charge in [-0.2, -0.15) is 4.31 Å². The number of nitrogen functional groups attached to an aromatic ring is 1. The first-order valence-corrected chi connectivity index (χ1v) is 7.73. The third kappa shape index (κ3) is 2.62. The number of thiazole rings is 1. The molecule has 0 saturated heterocycles. The lowest BCUT2D eigenvalue weighted by atomic mass is 10.6. The molecule has 2 heterocycles. The molecule has 104 valence electrons. The molecule has 19 heavy (non-hydrogen) atoms. The Morgan fingerprint density at radius 3 is 2.68 bits per heavy atom. The van der Waals surface area contributed by atoms with E-state index in [0.29, 0.717) is 11.5 Å². The summed E-state index contributed by atoms with van der Waals surface area (Å²) in [5.41, 5.74) is 5.97. The Morgan fingerprint density at radius 2 is 2.21 bits per heavy atom. The minimum Gasteiger partial charge on any atom is -0.375 e. The molecule has 0 saturated carbocycles. The molecular weight excluding hydrogens is 286 g/mol. The first-order valence-electron chi connectivity index (χ1n) is 5.48. The second-order valence-corrected chi connectivity index (χ2v) is 7.41. The fourth-order valence-corrected chi connectivity index (χ4v) is 4.23. The summed E-state index contributed by atoms with van der Waals surface area (Å²) in [6, 6.07) is 0. The van der Waals surface area contributed by atoms with Crippen LogP contribution in [0.4, 0.5) is 5.13 Å². The number of imidazole rings is 1. The molecular formula is C10H15N5O2S2. The molecule has 0 aliphatic heterocycles. The maximum Gasteiger partial charge on any atom is 0.254 e. The van der Waals surface area contributed by atoms with Crippen molar-refractivity contribution in [1.82, 2.24) is 18.8 Å². The number of rotatable bonds is 4. The summed E-state index contributed by atoms with van der Waals surface area (Å²) < 4.78 is 28.0. The fourth-order valence-electron chi connectivity index (χ4n) is 1.62. The van der Waals surface area contributed by atoms with E-state index in [1.807, 2.05) is 7.05 Å². The average molecular weight is 301 g/mol. The summed E-state index contributed by atoms with van der Waals surface area (Å²) in [4.78, 5) is 8.05. The summed E-state index contributed by atoms with van der Waals surface area (Å²) >= 11 is 0.976. The maximum absolute atomic E-state index is 12.4. The number of hydrogen-bond donors (Lipinski definition) is 1. The Hall–Kier alpha value is -1.45. The van der Waals surface area contributed by atoms with E-state index in [4.69, 9.17) is 5.73 Å². The molecule has 7 nitrogen and oxygen atoms in total. The predicted octanol–water partition coefficient (Wildman–Crippen LogP) is 0.588. The molecule has 0 aromatic carbocycles. The van der Waals surface area contributed by atoms with Gasteiger partial charge in [0.15, 0.2) is 9.34 Å². The third-order valence-corrected chi connectivity index (χ3v) is 6.08. The number of sulfonamides is 1. The van der Waals surface area contributed by atoms with Gasteiger partial charge in [-0.3, -0.25) is 0 Å². The van der Waals surface area contributed by atoms with Gasteiger partial charge in [0.1, 0.15) is 5.82 Å². The quantitative estimate of drug-likeness (QED) is 0.892. The summed E-state index contributed by atoms with van der Waals surface area (Å²) in [5.74, 6) is 0.668. The summed E-state index contributed by atoms with van der Waals surface area (Å²) in [5, 5.41) is 0.251. The number of nitrogens with two attached hydrogens (primary N) is 1. The van der Waals surface area contributed by atoms with Crippen molar-refractivity contribution in [3.8, 4) is 0 Å². The van der Waals surface area contributed by atoms with Gasteiger partial charge >= 0.3 is 0 Å². The van der Waals surface area contributed by atoms with E-state index < -0.39 is 10.0 Å². The van der Waals surface area contributed by atoms with Crippen molar-refractivity contribution in [3.63, 3.8) is 0 Å². The highest BCUT2D eigenvalue weighted by atomic mass is 32.2. The normalized spacial score (nSPS) is 12.2. The Bertz CT molecular complexity index is 689. The zero-order valence-corrected chi connectivity index (χ0v) is 12.5. The van der Waals surface area contributed by atoms with E-state index in [1.54, 1.807) is 23.9 Å². The molecule has 0 aliphatic rings. The van der Waals surface area contributed by atoms with E-state index >= 15 is 0 Å². The molecule has 0 unspecified atom stereocenters. The number of hydrogen-bond acceptors (Lipinski definition) is 6. The van der Waals surface area contributed by atoms with Crippen LogP contribution in [-0.2, 0) is 23.6 Å². The van der Waals surface area contributed by atoms with Crippen molar-refractivity contribution in [1.29, 1.82) is 0 Å². The summed E-state index contributed by atoms with van der Waals surface area (Å²) in [7, 11) is -0.254. The fraction of sp³-hybridized carbons (Fsp3) is 0.400. The third-order valence-electron chi connectivity index (χ3n) is 2.70. The Kier molecular flexibility index (Phi) is 3.61. The first kappa shape index (κ1) is 14.0. The highest BCUT2D eigenvalue weighted by Crippen LogP contribution is 2.27. The molecule has 0 atom stereocenters. The van der Waals surface area contributed by atoms with Gasteiger partial charge in [-0.1, -0.05) is 11.3 Å². The number of aryl methyl sites for hydroxylation is 2. The molecule has 2 N–H and O–H groups in total. The molecule has 0 radical (unpaired) electrons. The Labute approximate surface area is 115 Å². The highest BCUT2D eigenvalue weighted by Gasteiger charge is 2.27. The van der Waals surface area contributed by atoms with Crippen LogP contribution in [0.25, 0.3) is 0 Å². The zero-order valence-electron chi connectivity index (χ0n) is 10.9. The second kappa shape index (κ2) is 4.91. The van der Waals surface area contributed by atoms with Gasteiger partial charge in [-0.25, -0.2) is 18.4 Å². The van der Waals surface area contributed by atoms with Crippen molar-refractivity contribution in [3.05, 3.63) is 23.9 Å². The number of nitrogens with zero attached hydrogens (tertiary/aromatic N) is 4. The average Bonchev–Trinajstić information content (AvgIpc) is 2.86. The molecule has 2 aromatic heterocycles. The minimum absolute atomic E-state index is 0.182. The standard InChI is InChI=1S/C10H15N5O2S2/c1-7-9(18-10(11)13-7)19(16,17)15(3)6-8-12-4-5-14(8)2/h4-5H,6H2,1-3H3,(H2,11,13). The molecule has 2 aromatic rings. The molecule has 2 rings (SSSR count). The van der Waals surface area contributed by atoms with E-state index in [-0.39, 0.29) is 15.9 Å². The van der Waals surface area contributed by atoms with E-state index in [2.05, 4.69) is 9.97 Å². The topological polar surface area (TPSA) is 94.1 Å². The van der Waals surface area contributed by atoms with E-state index in [1.165, 1.54) is 11.4 Å². The second-order valence-electron chi connectivity index (χ2n) is 4.14. The van der Waals surface area contributed by atoms with Crippen molar-refractivity contribution in [2.75, 3.05) is 12.8 Å². The molecule has 9 heteroatoms. The SMILES string of the molecule is Cc1nc(N)sc1S(=O)(=O)N(C)Cc1nccn1C. The van der Waals surface area contributed by atoms with Crippen LogP contribution in [0.2, 0.25) is 0 Å². The van der Waals surface area contributed by atoms with E-state index in [0.717, 1.165) is 11.3 Å². The predicted molar refractivity (Wildman–Crippen MR) is 73.1 cm³/mol. The van der Waals surface area contributed by atoms with Crippen molar-refractivity contribution in [2.24, 2.45) is 7.05 Å². The van der Waals surface area contributed by atoms with Crippen molar-refractivity contribution in [2.45, 2.75) is 17.7 Å². The molecule has 0 spiro atoms. The largest absolute Gasteiger partial charge is 0.375 e. The highest BCUT2D eigenvalue weighted by molar-refractivity contribution is 7.91. The van der Waals surface area contributed by atoms with Crippen LogP contribution in [0.1, 0.15) is 11.5 Å². The molecule has 0 fully saturated rings. The lowest BCUT2D eigenvalue weighted by Crippen LogP contribution is -2.27.